The van der Waals surface area contributed by atoms with Gasteiger partial charge in [0.05, 0.1) is 6.61 Å². The van der Waals surface area contributed by atoms with Crippen molar-refractivity contribution >= 4 is 11.8 Å². The Labute approximate surface area is 125 Å². The van der Waals surface area contributed by atoms with Gasteiger partial charge >= 0.3 is 0 Å². The fraction of sp³-hybridized carbons (Fsp3) is 0.375. The van der Waals surface area contributed by atoms with Crippen LogP contribution in [0.2, 0.25) is 0 Å². The van der Waals surface area contributed by atoms with Gasteiger partial charge in [-0.1, -0.05) is 30.3 Å². The molecule has 0 aliphatic heterocycles. The van der Waals surface area contributed by atoms with Gasteiger partial charge in [0.1, 0.15) is 5.82 Å². The highest BCUT2D eigenvalue weighted by Crippen LogP contribution is 2.06. The van der Waals surface area contributed by atoms with Crippen LogP contribution in [0.3, 0.4) is 0 Å². The first-order valence-corrected chi connectivity index (χ1v) is 7.22. The van der Waals surface area contributed by atoms with E-state index >= 15 is 0 Å². The summed E-state index contributed by atoms with van der Waals surface area (Å²) >= 11 is 0. The van der Waals surface area contributed by atoms with Gasteiger partial charge in [0.25, 0.3) is 0 Å². The molecule has 5 heteroatoms. The standard InChI is InChI=1S/C16H22N4O/c1-21-13-12-17-15-9-11-19-16(20-15)18-10-5-8-14-6-3-2-4-7-14/h2-4,6-7,9,11H,5,8,10,12-13H2,1H3,(H2,17,18,19,20). The number of aromatic nitrogens is 2. The van der Waals surface area contributed by atoms with Gasteiger partial charge in [-0.3, -0.25) is 0 Å². The average Bonchev–Trinajstić information content (AvgIpc) is 2.53. The molecule has 2 aromatic rings. The summed E-state index contributed by atoms with van der Waals surface area (Å²) in [5.74, 6) is 1.47. The maximum absolute atomic E-state index is 4.99. The van der Waals surface area contributed by atoms with Crippen LogP contribution in [-0.2, 0) is 11.2 Å². The summed E-state index contributed by atoms with van der Waals surface area (Å²) < 4.78 is 4.99. The number of ether oxygens (including phenoxy) is 1. The molecule has 0 saturated heterocycles. The Bertz CT molecular complexity index is 519. The van der Waals surface area contributed by atoms with E-state index in [1.807, 2.05) is 12.1 Å². The number of methoxy groups -OCH3 is 1. The molecular weight excluding hydrogens is 264 g/mol. The zero-order chi connectivity index (χ0) is 14.8. The lowest BCUT2D eigenvalue weighted by molar-refractivity contribution is 0.210. The Morgan fingerprint density at radius 1 is 1.05 bits per heavy atom. The Morgan fingerprint density at radius 3 is 2.71 bits per heavy atom. The van der Waals surface area contributed by atoms with Crippen LogP contribution in [0.25, 0.3) is 0 Å². The second-order valence-electron chi connectivity index (χ2n) is 4.70. The van der Waals surface area contributed by atoms with Gasteiger partial charge in [0.2, 0.25) is 5.95 Å². The molecule has 0 bridgehead atoms. The fourth-order valence-electron chi connectivity index (χ4n) is 1.96. The van der Waals surface area contributed by atoms with E-state index in [9.17, 15) is 0 Å². The monoisotopic (exact) mass is 286 g/mol. The molecule has 21 heavy (non-hydrogen) atoms. The second-order valence-corrected chi connectivity index (χ2v) is 4.70. The summed E-state index contributed by atoms with van der Waals surface area (Å²) in [5.41, 5.74) is 1.36. The van der Waals surface area contributed by atoms with Gasteiger partial charge in [-0.05, 0) is 24.5 Å². The number of anilines is 2. The van der Waals surface area contributed by atoms with E-state index < -0.39 is 0 Å². The number of hydrogen-bond donors (Lipinski definition) is 2. The van der Waals surface area contributed by atoms with Crippen LogP contribution in [-0.4, -0.2) is 36.8 Å². The smallest absolute Gasteiger partial charge is 0.224 e. The topological polar surface area (TPSA) is 59.1 Å². The Kier molecular flexibility index (Phi) is 6.48. The Morgan fingerprint density at radius 2 is 1.90 bits per heavy atom. The van der Waals surface area contributed by atoms with Crippen molar-refractivity contribution in [2.24, 2.45) is 0 Å². The summed E-state index contributed by atoms with van der Waals surface area (Å²) in [6.07, 6.45) is 3.86. The lowest BCUT2D eigenvalue weighted by Gasteiger charge is -2.08. The molecule has 1 aromatic carbocycles. The van der Waals surface area contributed by atoms with Gasteiger partial charge in [-0.25, -0.2) is 4.98 Å². The molecule has 0 aliphatic rings. The first-order valence-electron chi connectivity index (χ1n) is 7.22. The third kappa shape index (κ3) is 5.79. The van der Waals surface area contributed by atoms with Gasteiger partial charge in [0.15, 0.2) is 0 Å². The van der Waals surface area contributed by atoms with Crippen molar-refractivity contribution in [1.29, 1.82) is 0 Å². The summed E-state index contributed by atoms with van der Waals surface area (Å²) in [7, 11) is 1.68. The Hall–Kier alpha value is -2.14. The normalized spacial score (nSPS) is 10.3. The number of aryl methyl sites for hydroxylation is 1. The summed E-state index contributed by atoms with van der Waals surface area (Å²) in [4.78, 5) is 8.62. The first kappa shape index (κ1) is 15.3. The third-order valence-electron chi connectivity index (χ3n) is 3.04. The van der Waals surface area contributed by atoms with E-state index in [-0.39, 0.29) is 0 Å². The van der Waals surface area contributed by atoms with Gasteiger partial charge in [-0.15, -0.1) is 0 Å². The van der Waals surface area contributed by atoms with Crippen molar-refractivity contribution in [3.05, 3.63) is 48.2 Å². The lowest BCUT2D eigenvalue weighted by Crippen LogP contribution is -2.11. The molecule has 0 aliphatic carbocycles. The molecule has 0 saturated carbocycles. The fourth-order valence-corrected chi connectivity index (χ4v) is 1.96. The molecule has 0 fully saturated rings. The largest absolute Gasteiger partial charge is 0.383 e. The van der Waals surface area contributed by atoms with Crippen molar-refractivity contribution in [3.8, 4) is 0 Å². The maximum Gasteiger partial charge on any atom is 0.224 e. The van der Waals surface area contributed by atoms with Crippen molar-refractivity contribution in [3.63, 3.8) is 0 Å². The number of nitrogens with one attached hydrogen (secondary N) is 2. The van der Waals surface area contributed by atoms with Crippen LogP contribution < -0.4 is 10.6 Å². The first-order chi connectivity index (χ1) is 10.4. The van der Waals surface area contributed by atoms with Gasteiger partial charge in [0, 0.05) is 26.4 Å². The van der Waals surface area contributed by atoms with Crippen molar-refractivity contribution < 1.29 is 4.74 Å². The highest BCUT2D eigenvalue weighted by molar-refractivity contribution is 5.39. The highest BCUT2D eigenvalue weighted by atomic mass is 16.5. The molecule has 112 valence electrons. The number of hydrogen-bond acceptors (Lipinski definition) is 5. The van der Waals surface area contributed by atoms with E-state index in [2.05, 4.69) is 44.9 Å². The quantitative estimate of drug-likeness (QED) is 0.694. The van der Waals surface area contributed by atoms with Crippen molar-refractivity contribution in [2.75, 3.05) is 37.4 Å². The molecule has 0 atom stereocenters. The average molecular weight is 286 g/mol. The molecule has 2 rings (SSSR count). The Balaban J connectivity index is 1.71. The molecular formula is C16H22N4O. The zero-order valence-corrected chi connectivity index (χ0v) is 12.4. The number of benzene rings is 1. The predicted molar refractivity (Wildman–Crippen MR) is 85.7 cm³/mol. The molecule has 1 heterocycles. The van der Waals surface area contributed by atoms with Gasteiger partial charge < -0.3 is 15.4 Å². The van der Waals surface area contributed by atoms with E-state index in [4.69, 9.17) is 4.74 Å². The van der Waals surface area contributed by atoms with Crippen LogP contribution >= 0.6 is 0 Å². The molecule has 2 N–H and O–H groups in total. The van der Waals surface area contributed by atoms with Gasteiger partial charge in [-0.2, -0.15) is 4.98 Å². The minimum Gasteiger partial charge on any atom is -0.383 e. The number of nitrogens with zero attached hydrogens (tertiary/aromatic N) is 2. The van der Waals surface area contributed by atoms with Crippen molar-refractivity contribution in [2.45, 2.75) is 12.8 Å². The SMILES string of the molecule is COCCNc1ccnc(NCCCc2ccccc2)n1. The summed E-state index contributed by atoms with van der Waals surface area (Å²) in [6.45, 7) is 2.25. The summed E-state index contributed by atoms with van der Waals surface area (Å²) in [5, 5.41) is 6.44. The predicted octanol–water partition coefficient (Wildman–Crippen LogP) is 2.58. The highest BCUT2D eigenvalue weighted by Gasteiger charge is 1.98. The molecule has 0 amide bonds. The third-order valence-corrected chi connectivity index (χ3v) is 3.04. The lowest BCUT2D eigenvalue weighted by atomic mass is 10.1. The van der Waals surface area contributed by atoms with Crippen LogP contribution in [0, 0.1) is 0 Å². The molecule has 5 nitrogen and oxygen atoms in total. The van der Waals surface area contributed by atoms with E-state index in [1.165, 1.54) is 5.56 Å². The van der Waals surface area contributed by atoms with Crippen molar-refractivity contribution in [1.82, 2.24) is 9.97 Å². The van der Waals surface area contributed by atoms with Crippen LogP contribution in [0.5, 0.6) is 0 Å². The molecule has 0 unspecified atom stereocenters. The van der Waals surface area contributed by atoms with Crippen LogP contribution in [0.15, 0.2) is 42.6 Å². The maximum atomic E-state index is 4.99. The molecule has 1 aromatic heterocycles. The van der Waals surface area contributed by atoms with Crippen LogP contribution in [0.1, 0.15) is 12.0 Å². The number of rotatable bonds is 9. The minimum atomic E-state index is 0.657. The second kappa shape index (κ2) is 8.92. The van der Waals surface area contributed by atoms with E-state index in [1.54, 1.807) is 13.3 Å². The summed E-state index contributed by atoms with van der Waals surface area (Å²) in [6, 6.07) is 12.3. The molecule has 0 spiro atoms. The van der Waals surface area contributed by atoms with E-state index in [0.29, 0.717) is 12.6 Å². The van der Waals surface area contributed by atoms with Crippen LogP contribution in [0.4, 0.5) is 11.8 Å². The molecule has 0 radical (unpaired) electrons. The zero-order valence-electron chi connectivity index (χ0n) is 12.4. The van der Waals surface area contributed by atoms with E-state index in [0.717, 1.165) is 31.7 Å². The minimum absolute atomic E-state index is 0.657.